The molecule has 1 aromatic carbocycles. The molecule has 0 bridgehead atoms. The number of aryl methyl sites for hydroxylation is 2. The first kappa shape index (κ1) is 10.7. The summed E-state index contributed by atoms with van der Waals surface area (Å²) in [7, 11) is 0. The molecule has 0 aliphatic heterocycles. The summed E-state index contributed by atoms with van der Waals surface area (Å²) in [5, 5.41) is 8.59. The Bertz CT molecular complexity index is 347. The van der Waals surface area contributed by atoms with Crippen LogP contribution in [-0.4, -0.2) is 11.1 Å². The van der Waals surface area contributed by atoms with Gasteiger partial charge in [0.1, 0.15) is 0 Å². The highest BCUT2D eigenvalue weighted by molar-refractivity contribution is 5.67. The van der Waals surface area contributed by atoms with Gasteiger partial charge in [0.2, 0.25) is 0 Å². The Morgan fingerprint density at radius 2 is 2.07 bits per heavy atom. The van der Waals surface area contributed by atoms with Gasteiger partial charge in [-0.2, -0.15) is 0 Å². The standard InChI is InChI=1S/C11H15NO2/c1-7-3-4-9(5-8(7)2)10(12)6-11(13)14/h3-5,10H,6,12H2,1-2H3,(H,13,14)/t10-/m1/s1. The van der Waals surface area contributed by atoms with Crippen molar-refractivity contribution in [1.82, 2.24) is 0 Å². The molecule has 0 saturated carbocycles. The number of carboxylic acid groups (broad SMARTS) is 1. The summed E-state index contributed by atoms with van der Waals surface area (Å²) in [6.07, 6.45) is -0.0253. The van der Waals surface area contributed by atoms with E-state index in [-0.39, 0.29) is 6.42 Å². The predicted octanol–water partition coefficient (Wildman–Crippen LogP) is 1.78. The Hall–Kier alpha value is -1.35. The molecule has 3 N–H and O–H groups in total. The maximum Gasteiger partial charge on any atom is 0.305 e. The highest BCUT2D eigenvalue weighted by Gasteiger charge is 2.10. The van der Waals surface area contributed by atoms with Crippen LogP contribution in [0.2, 0.25) is 0 Å². The molecule has 0 spiro atoms. The minimum absolute atomic E-state index is 0.0253. The first-order chi connectivity index (χ1) is 6.50. The van der Waals surface area contributed by atoms with Crippen LogP contribution >= 0.6 is 0 Å². The maximum absolute atomic E-state index is 10.5. The summed E-state index contributed by atoms with van der Waals surface area (Å²) in [5.41, 5.74) is 8.95. The van der Waals surface area contributed by atoms with Crippen molar-refractivity contribution in [2.75, 3.05) is 0 Å². The summed E-state index contributed by atoms with van der Waals surface area (Å²) in [5.74, 6) is -0.865. The van der Waals surface area contributed by atoms with Gasteiger partial charge < -0.3 is 10.8 Å². The zero-order chi connectivity index (χ0) is 10.7. The van der Waals surface area contributed by atoms with Gasteiger partial charge in [-0.3, -0.25) is 4.79 Å². The third-order valence-electron chi connectivity index (χ3n) is 2.35. The molecule has 0 unspecified atom stereocenters. The van der Waals surface area contributed by atoms with Crippen LogP contribution in [0.3, 0.4) is 0 Å². The number of carbonyl (C=O) groups is 1. The van der Waals surface area contributed by atoms with E-state index >= 15 is 0 Å². The second kappa shape index (κ2) is 4.24. The monoisotopic (exact) mass is 193 g/mol. The number of aliphatic carboxylic acids is 1. The topological polar surface area (TPSA) is 63.3 Å². The Morgan fingerprint density at radius 1 is 1.43 bits per heavy atom. The van der Waals surface area contributed by atoms with E-state index in [4.69, 9.17) is 10.8 Å². The quantitative estimate of drug-likeness (QED) is 0.769. The van der Waals surface area contributed by atoms with Crippen molar-refractivity contribution in [2.24, 2.45) is 5.73 Å². The zero-order valence-electron chi connectivity index (χ0n) is 8.45. The summed E-state index contributed by atoms with van der Waals surface area (Å²) >= 11 is 0. The minimum Gasteiger partial charge on any atom is -0.481 e. The van der Waals surface area contributed by atoms with Gasteiger partial charge in [-0.25, -0.2) is 0 Å². The van der Waals surface area contributed by atoms with Crippen LogP contribution in [0, 0.1) is 13.8 Å². The average molecular weight is 193 g/mol. The molecule has 0 heterocycles. The second-order valence-electron chi connectivity index (χ2n) is 3.55. The molecule has 0 amide bonds. The van der Waals surface area contributed by atoms with E-state index < -0.39 is 12.0 Å². The molecule has 1 aromatic rings. The van der Waals surface area contributed by atoms with Crippen LogP contribution in [0.15, 0.2) is 18.2 Å². The molecule has 0 aromatic heterocycles. The Morgan fingerprint density at radius 3 is 2.57 bits per heavy atom. The lowest BCUT2D eigenvalue weighted by atomic mass is 10.00. The number of rotatable bonds is 3. The van der Waals surface area contributed by atoms with Crippen LogP contribution in [0.4, 0.5) is 0 Å². The minimum atomic E-state index is -0.865. The van der Waals surface area contributed by atoms with E-state index in [1.807, 2.05) is 32.0 Å². The second-order valence-corrected chi connectivity index (χ2v) is 3.55. The van der Waals surface area contributed by atoms with Gasteiger partial charge >= 0.3 is 5.97 Å². The average Bonchev–Trinajstić information content (AvgIpc) is 2.08. The van der Waals surface area contributed by atoms with E-state index in [9.17, 15) is 4.79 Å². The zero-order valence-corrected chi connectivity index (χ0v) is 8.45. The number of benzene rings is 1. The van der Waals surface area contributed by atoms with Gasteiger partial charge in [-0.1, -0.05) is 18.2 Å². The molecule has 0 fully saturated rings. The van der Waals surface area contributed by atoms with Crippen molar-refractivity contribution in [2.45, 2.75) is 26.3 Å². The molecule has 0 aliphatic rings. The van der Waals surface area contributed by atoms with Crippen LogP contribution in [-0.2, 0) is 4.79 Å². The fourth-order valence-corrected chi connectivity index (χ4v) is 1.30. The molecular weight excluding hydrogens is 178 g/mol. The van der Waals surface area contributed by atoms with Crippen LogP contribution in [0.1, 0.15) is 29.2 Å². The molecule has 3 nitrogen and oxygen atoms in total. The fourth-order valence-electron chi connectivity index (χ4n) is 1.30. The van der Waals surface area contributed by atoms with E-state index in [1.165, 1.54) is 5.56 Å². The number of carboxylic acids is 1. The normalized spacial score (nSPS) is 12.5. The van der Waals surface area contributed by atoms with Gasteiger partial charge in [0, 0.05) is 6.04 Å². The maximum atomic E-state index is 10.5. The van der Waals surface area contributed by atoms with Gasteiger partial charge in [0.15, 0.2) is 0 Å². The smallest absolute Gasteiger partial charge is 0.305 e. The van der Waals surface area contributed by atoms with E-state index in [0.29, 0.717) is 0 Å². The molecule has 14 heavy (non-hydrogen) atoms. The van der Waals surface area contributed by atoms with Gasteiger partial charge in [-0.15, -0.1) is 0 Å². The lowest BCUT2D eigenvalue weighted by molar-refractivity contribution is -0.137. The summed E-state index contributed by atoms with van der Waals surface area (Å²) in [4.78, 5) is 10.5. The SMILES string of the molecule is Cc1ccc([C@H](N)CC(=O)O)cc1C. The van der Waals surface area contributed by atoms with Crippen molar-refractivity contribution >= 4 is 5.97 Å². The van der Waals surface area contributed by atoms with Crippen LogP contribution in [0.5, 0.6) is 0 Å². The Kier molecular flexibility index (Phi) is 3.25. The largest absolute Gasteiger partial charge is 0.481 e. The van der Waals surface area contributed by atoms with E-state index in [2.05, 4.69) is 0 Å². The third kappa shape index (κ3) is 2.57. The lowest BCUT2D eigenvalue weighted by Gasteiger charge is -2.11. The van der Waals surface area contributed by atoms with E-state index in [1.54, 1.807) is 0 Å². The lowest BCUT2D eigenvalue weighted by Crippen LogP contribution is -2.15. The van der Waals surface area contributed by atoms with Crippen molar-refractivity contribution in [1.29, 1.82) is 0 Å². The molecule has 0 aliphatic carbocycles. The molecular formula is C11H15NO2. The predicted molar refractivity (Wildman–Crippen MR) is 55.1 cm³/mol. The molecule has 1 rings (SSSR count). The summed E-state index contributed by atoms with van der Waals surface area (Å²) < 4.78 is 0. The van der Waals surface area contributed by atoms with Gasteiger partial charge in [0.05, 0.1) is 6.42 Å². The number of hydrogen-bond donors (Lipinski definition) is 2. The van der Waals surface area contributed by atoms with Gasteiger partial charge in [0.25, 0.3) is 0 Å². The highest BCUT2D eigenvalue weighted by Crippen LogP contribution is 2.17. The van der Waals surface area contributed by atoms with Crippen LogP contribution in [0.25, 0.3) is 0 Å². The number of hydrogen-bond acceptors (Lipinski definition) is 2. The van der Waals surface area contributed by atoms with E-state index in [0.717, 1.165) is 11.1 Å². The Labute approximate surface area is 83.6 Å². The Balaban J connectivity index is 2.85. The van der Waals surface area contributed by atoms with Crippen molar-refractivity contribution < 1.29 is 9.90 Å². The first-order valence-corrected chi connectivity index (χ1v) is 4.55. The molecule has 0 saturated heterocycles. The third-order valence-corrected chi connectivity index (χ3v) is 2.35. The van der Waals surface area contributed by atoms with Gasteiger partial charge in [-0.05, 0) is 30.5 Å². The molecule has 76 valence electrons. The van der Waals surface area contributed by atoms with Crippen molar-refractivity contribution in [3.63, 3.8) is 0 Å². The summed E-state index contributed by atoms with van der Waals surface area (Å²) in [6.45, 7) is 4.01. The van der Waals surface area contributed by atoms with Crippen molar-refractivity contribution in [3.05, 3.63) is 34.9 Å². The summed E-state index contributed by atoms with van der Waals surface area (Å²) in [6, 6.07) is 5.39. The number of nitrogens with two attached hydrogens (primary N) is 1. The van der Waals surface area contributed by atoms with Crippen LogP contribution < -0.4 is 5.73 Å². The highest BCUT2D eigenvalue weighted by atomic mass is 16.4. The first-order valence-electron chi connectivity index (χ1n) is 4.55. The molecule has 1 atom stereocenters. The molecule has 3 heteroatoms. The van der Waals surface area contributed by atoms with Crippen molar-refractivity contribution in [3.8, 4) is 0 Å². The fraction of sp³-hybridized carbons (Fsp3) is 0.364. The molecule has 0 radical (unpaired) electrons.